The van der Waals surface area contributed by atoms with E-state index in [4.69, 9.17) is 5.73 Å². The number of nitrogens with one attached hydrogen (secondary N) is 1. The second-order valence-corrected chi connectivity index (χ2v) is 5.35. The van der Waals surface area contributed by atoms with Gasteiger partial charge in [-0.25, -0.2) is 0 Å². The smallest absolute Gasteiger partial charge is 0.224 e. The Hall–Kier alpha value is -1.51. The molecular formula is C15H22N2O. The number of nitrogen functional groups attached to an aromatic ring is 1. The molecule has 1 fully saturated rings. The summed E-state index contributed by atoms with van der Waals surface area (Å²) in [6.07, 6.45) is 4.22. The minimum absolute atomic E-state index is 0.0759. The van der Waals surface area contributed by atoms with Gasteiger partial charge >= 0.3 is 0 Å². The quantitative estimate of drug-likeness (QED) is 0.801. The van der Waals surface area contributed by atoms with Crippen molar-refractivity contribution in [3.8, 4) is 0 Å². The van der Waals surface area contributed by atoms with Crippen LogP contribution in [0.5, 0.6) is 0 Å². The highest BCUT2D eigenvalue weighted by atomic mass is 16.1. The third-order valence-corrected chi connectivity index (χ3v) is 4.01. The molecule has 0 aromatic heterocycles. The molecule has 3 N–H and O–H groups in total. The van der Waals surface area contributed by atoms with Gasteiger partial charge in [0, 0.05) is 12.2 Å². The molecule has 0 aliphatic heterocycles. The lowest BCUT2D eigenvalue weighted by molar-refractivity contribution is -0.120. The van der Waals surface area contributed by atoms with Gasteiger partial charge in [-0.15, -0.1) is 0 Å². The van der Waals surface area contributed by atoms with Crippen LogP contribution in [0.1, 0.15) is 31.7 Å². The third-order valence-electron chi connectivity index (χ3n) is 4.01. The lowest BCUT2D eigenvalue weighted by Gasteiger charge is -2.16. The second-order valence-electron chi connectivity index (χ2n) is 5.35. The van der Waals surface area contributed by atoms with E-state index in [2.05, 4.69) is 12.2 Å². The summed E-state index contributed by atoms with van der Waals surface area (Å²) in [6.45, 7) is 3.09. The minimum Gasteiger partial charge on any atom is -0.398 e. The van der Waals surface area contributed by atoms with Gasteiger partial charge in [0.2, 0.25) is 5.91 Å². The van der Waals surface area contributed by atoms with Crippen LogP contribution in [0.15, 0.2) is 24.3 Å². The molecular weight excluding hydrogens is 224 g/mol. The molecule has 1 amide bonds. The predicted octanol–water partition coefficient (Wildman–Crippen LogP) is 2.36. The van der Waals surface area contributed by atoms with E-state index in [9.17, 15) is 4.79 Å². The maximum absolute atomic E-state index is 11.9. The van der Waals surface area contributed by atoms with Gasteiger partial charge in [-0.1, -0.05) is 38.0 Å². The minimum atomic E-state index is 0.0759. The number of amides is 1. The molecule has 1 saturated carbocycles. The molecule has 1 aliphatic carbocycles. The van der Waals surface area contributed by atoms with Gasteiger partial charge in [-0.2, -0.15) is 0 Å². The second kappa shape index (κ2) is 5.89. The van der Waals surface area contributed by atoms with E-state index < -0.39 is 0 Å². The SMILES string of the molecule is CC1CCCC1CNC(=O)Cc1ccccc1N. The molecule has 3 heteroatoms. The molecule has 0 spiro atoms. The van der Waals surface area contributed by atoms with Crippen molar-refractivity contribution in [1.82, 2.24) is 5.32 Å². The summed E-state index contributed by atoms with van der Waals surface area (Å²) in [7, 11) is 0. The molecule has 0 saturated heterocycles. The van der Waals surface area contributed by atoms with Gasteiger partial charge in [-0.3, -0.25) is 4.79 Å². The Bertz CT molecular complexity index is 417. The van der Waals surface area contributed by atoms with Crippen LogP contribution in [-0.2, 0) is 11.2 Å². The van der Waals surface area contributed by atoms with Gasteiger partial charge < -0.3 is 11.1 Å². The van der Waals surface area contributed by atoms with Crippen molar-refractivity contribution in [2.24, 2.45) is 11.8 Å². The molecule has 1 aromatic rings. The van der Waals surface area contributed by atoms with Gasteiger partial charge in [-0.05, 0) is 29.9 Å². The van der Waals surface area contributed by atoms with Crippen molar-refractivity contribution in [2.45, 2.75) is 32.6 Å². The summed E-state index contributed by atoms with van der Waals surface area (Å²) in [5, 5.41) is 3.04. The topological polar surface area (TPSA) is 55.1 Å². The van der Waals surface area contributed by atoms with Crippen LogP contribution < -0.4 is 11.1 Å². The molecule has 18 heavy (non-hydrogen) atoms. The summed E-state index contributed by atoms with van der Waals surface area (Å²) >= 11 is 0. The van der Waals surface area contributed by atoms with Crippen molar-refractivity contribution in [1.29, 1.82) is 0 Å². The van der Waals surface area contributed by atoms with Crippen molar-refractivity contribution in [3.05, 3.63) is 29.8 Å². The number of carbonyl (C=O) groups is 1. The fourth-order valence-electron chi connectivity index (χ4n) is 2.70. The van der Waals surface area contributed by atoms with Crippen LogP contribution in [0.3, 0.4) is 0 Å². The molecule has 0 radical (unpaired) electrons. The largest absolute Gasteiger partial charge is 0.398 e. The van der Waals surface area contributed by atoms with Gasteiger partial charge in [0.25, 0.3) is 0 Å². The lowest BCUT2D eigenvalue weighted by Crippen LogP contribution is -2.31. The zero-order valence-electron chi connectivity index (χ0n) is 11.0. The number of benzene rings is 1. The monoisotopic (exact) mass is 246 g/mol. The van der Waals surface area contributed by atoms with Crippen LogP contribution in [0, 0.1) is 11.8 Å². The normalized spacial score (nSPS) is 22.9. The average molecular weight is 246 g/mol. The van der Waals surface area contributed by atoms with E-state index in [0.29, 0.717) is 18.0 Å². The molecule has 2 rings (SSSR count). The fourth-order valence-corrected chi connectivity index (χ4v) is 2.70. The lowest BCUT2D eigenvalue weighted by atomic mass is 9.98. The van der Waals surface area contributed by atoms with E-state index >= 15 is 0 Å². The first-order valence-electron chi connectivity index (χ1n) is 6.77. The summed E-state index contributed by atoms with van der Waals surface area (Å²) < 4.78 is 0. The highest BCUT2D eigenvalue weighted by Crippen LogP contribution is 2.30. The molecule has 0 heterocycles. The molecule has 2 unspecified atom stereocenters. The Balaban J connectivity index is 1.80. The molecule has 1 aromatic carbocycles. The Morgan fingerprint density at radius 2 is 2.17 bits per heavy atom. The summed E-state index contributed by atoms with van der Waals surface area (Å²) in [4.78, 5) is 11.9. The highest BCUT2D eigenvalue weighted by Gasteiger charge is 2.23. The standard InChI is InChI=1S/C15H22N2O/c1-11-5-4-7-13(11)10-17-15(18)9-12-6-2-3-8-14(12)16/h2-3,6,8,11,13H,4-5,7,9-10,16H2,1H3,(H,17,18). The summed E-state index contributed by atoms with van der Waals surface area (Å²) in [6, 6.07) is 7.55. The maximum Gasteiger partial charge on any atom is 0.224 e. The average Bonchev–Trinajstić information content (AvgIpc) is 2.75. The van der Waals surface area contributed by atoms with E-state index in [1.807, 2.05) is 24.3 Å². The van der Waals surface area contributed by atoms with E-state index in [-0.39, 0.29) is 5.91 Å². The van der Waals surface area contributed by atoms with Crippen LogP contribution in [-0.4, -0.2) is 12.5 Å². The van der Waals surface area contributed by atoms with Crippen LogP contribution in [0.25, 0.3) is 0 Å². The Morgan fingerprint density at radius 1 is 1.39 bits per heavy atom. The molecule has 0 bridgehead atoms. The van der Waals surface area contributed by atoms with Crippen LogP contribution in [0.4, 0.5) is 5.69 Å². The van der Waals surface area contributed by atoms with Crippen molar-refractivity contribution >= 4 is 11.6 Å². The van der Waals surface area contributed by atoms with Crippen molar-refractivity contribution < 1.29 is 4.79 Å². The third kappa shape index (κ3) is 3.25. The summed E-state index contributed by atoms with van der Waals surface area (Å²) in [5.74, 6) is 1.47. The zero-order chi connectivity index (χ0) is 13.0. The maximum atomic E-state index is 11.9. The van der Waals surface area contributed by atoms with Crippen LogP contribution >= 0.6 is 0 Å². The van der Waals surface area contributed by atoms with Gasteiger partial charge in [0.05, 0.1) is 6.42 Å². The number of carbonyl (C=O) groups excluding carboxylic acids is 1. The number of hydrogen-bond donors (Lipinski definition) is 2. The van der Waals surface area contributed by atoms with Gasteiger partial charge in [0.15, 0.2) is 0 Å². The number of hydrogen-bond acceptors (Lipinski definition) is 2. The summed E-state index contributed by atoms with van der Waals surface area (Å²) in [5.41, 5.74) is 7.44. The fraction of sp³-hybridized carbons (Fsp3) is 0.533. The van der Waals surface area contributed by atoms with E-state index in [0.717, 1.165) is 18.0 Å². The first-order chi connectivity index (χ1) is 8.66. The number of anilines is 1. The molecule has 3 nitrogen and oxygen atoms in total. The Kier molecular flexibility index (Phi) is 4.24. The number of para-hydroxylation sites is 1. The number of nitrogens with two attached hydrogens (primary N) is 1. The van der Waals surface area contributed by atoms with Crippen LogP contribution in [0.2, 0.25) is 0 Å². The first kappa shape index (κ1) is 12.9. The van der Waals surface area contributed by atoms with Crippen molar-refractivity contribution in [2.75, 3.05) is 12.3 Å². The molecule has 98 valence electrons. The zero-order valence-corrected chi connectivity index (χ0v) is 11.0. The Labute approximate surface area is 109 Å². The van der Waals surface area contributed by atoms with Crippen molar-refractivity contribution in [3.63, 3.8) is 0 Å². The van der Waals surface area contributed by atoms with E-state index in [1.165, 1.54) is 19.3 Å². The molecule has 1 aliphatic rings. The predicted molar refractivity (Wildman–Crippen MR) is 74.1 cm³/mol. The Morgan fingerprint density at radius 3 is 2.83 bits per heavy atom. The first-order valence-corrected chi connectivity index (χ1v) is 6.77. The van der Waals surface area contributed by atoms with Gasteiger partial charge in [0.1, 0.15) is 0 Å². The highest BCUT2D eigenvalue weighted by molar-refractivity contribution is 5.80. The molecule has 2 atom stereocenters. The number of rotatable bonds is 4. The van der Waals surface area contributed by atoms with E-state index in [1.54, 1.807) is 0 Å².